The number of ether oxygens (including phenoxy) is 1. The van der Waals surface area contributed by atoms with Crippen molar-refractivity contribution < 1.29 is 22.3 Å². The summed E-state index contributed by atoms with van der Waals surface area (Å²) in [5.41, 5.74) is 3.29. The maximum absolute atomic E-state index is 13.3. The number of hydrogen-bond donors (Lipinski definition) is 0. The van der Waals surface area contributed by atoms with Gasteiger partial charge in [-0.05, 0) is 73.2 Å². The largest absolute Gasteiger partial charge is 0.486 e. The summed E-state index contributed by atoms with van der Waals surface area (Å²) < 4.78 is 53.8. The molecule has 1 aliphatic rings. The van der Waals surface area contributed by atoms with E-state index in [-0.39, 0.29) is 11.4 Å². The summed E-state index contributed by atoms with van der Waals surface area (Å²) in [5.74, 6) is 2.23. The molecule has 0 amide bonds. The minimum Gasteiger partial charge on any atom is -0.486 e. The van der Waals surface area contributed by atoms with E-state index in [2.05, 4.69) is 32.2 Å². The summed E-state index contributed by atoms with van der Waals surface area (Å²) in [6, 6.07) is 10.8. The van der Waals surface area contributed by atoms with Crippen molar-refractivity contribution >= 4 is 37.4 Å². The van der Waals surface area contributed by atoms with Gasteiger partial charge in [-0.25, -0.2) is 19.5 Å². The molecule has 6 aromatic rings. The highest BCUT2D eigenvalue weighted by Gasteiger charge is 2.33. The van der Waals surface area contributed by atoms with Crippen LogP contribution in [0.2, 0.25) is 0 Å². The summed E-state index contributed by atoms with van der Waals surface area (Å²) in [7, 11) is 0. The average Bonchev–Trinajstić information content (AvgIpc) is 3.65. The van der Waals surface area contributed by atoms with E-state index in [0.717, 1.165) is 36.0 Å². The molecule has 0 aliphatic heterocycles. The summed E-state index contributed by atoms with van der Waals surface area (Å²) in [6.45, 7) is 1.89. The molecule has 7 rings (SSSR count). The van der Waals surface area contributed by atoms with Crippen molar-refractivity contribution in [2.45, 2.75) is 39.0 Å². The van der Waals surface area contributed by atoms with Gasteiger partial charge in [-0.3, -0.25) is 0 Å². The van der Waals surface area contributed by atoms with E-state index in [4.69, 9.17) is 9.15 Å². The van der Waals surface area contributed by atoms with E-state index in [0.29, 0.717) is 44.2 Å². The zero-order valence-corrected chi connectivity index (χ0v) is 20.3. The number of fused-ring (bicyclic) bond motifs is 6. The van der Waals surface area contributed by atoms with Gasteiger partial charge < -0.3 is 9.15 Å². The summed E-state index contributed by atoms with van der Waals surface area (Å²) >= 11 is 1.12. The Hall–Kier alpha value is -3.99. The molecule has 0 bridgehead atoms. The first kappa shape index (κ1) is 22.2. The summed E-state index contributed by atoms with van der Waals surface area (Å²) in [6.07, 6.45) is 0.356. The third-order valence-electron chi connectivity index (χ3n) is 6.59. The Morgan fingerprint density at radius 2 is 1.95 bits per heavy atom. The molecule has 0 spiro atoms. The first-order valence-electron chi connectivity index (χ1n) is 11.7. The number of hydrogen-bond acceptors (Lipinski definition) is 7. The lowest BCUT2D eigenvalue weighted by atomic mass is 10.1. The Kier molecular flexibility index (Phi) is 4.81. The van der Waals surface area contributed by atoms with Gasteiger partial charge in [0.15, 0.2) is 11.4 Å². The van der Waals surface area contributed by atoms with Crippen LogP contribution in [0.4, 0.5) is 13.2 Å². The molecule has 7 nitrogen and oxygen atoms in total. The fraction of sp³-hybridized carbons (Fsp3) is 0.231. The molecule has 186 valence electrons. The highest BCUT2D eigenvalue weighted by atomic mass is 32.1. The van der Waals surface area contributed by atoms with Gasteiger partial charge in [0.2, 0.25) is 5.82 Å². The minimum atomic E-state index is -4.53. The molecule has 5 aromatic heterocycles. The Morgan fingerprint density at radius 3 is 2.81 bits per heavy atom. The lowest BCUT2D eigenvalue weighted by molar-refractivity contribution is -0.141. The molecule has 0 atom stereocenters. The number of benzene rings is 1. The van der Waals surface area contributed by atoms with Crippen LogP contribution < -0.4 is 4.74 Å². The Morgan fingerprint density at radius 1 is 1.08 bits per heavy atom. The number of pyridine rings is 1. The van der Waals surface area contributed by atoms with Crippen molar-refractivity contribution in [2.24, 2.45) is 0 Å². The molecule has 0 radical (unpaired) electrons. The van der Waals surface area contributed by atoms with Gasteiger partial charge in [-0.2, -0.15) is 13.2 Å². The van der Waals surface area contributed by atoms with E-state index < -0.39 is 11.9 Å². The van der Waals surface area contributed by atoms with Crippen LogP contribution >= 0.6 is 11.3 Å². The van der Waals surface area contributed by atoms with Crippen LogP contribution in [0.15, 0.2) is 47.1 Å². The second kappa shape index (κ2) is 8.01. The fourth-order valence-corrected chi connectivity index (χ4v) is 6.01. The van der Waals surface area contributed by atoms with Gasteiger partial charge in [0.1, 0.15) is 39.7 Å². The van der Waals surface area contributed by atoms with Crippen LogP contribution in [0.25, 0.3) is 37.7 Å². The molecular weight excluding hydrogens is 503 g/mol. The van der Waals surface area contributed by atoms with Crippen molar-refractivity contribution in [3.63, 3.8) is 0 Å². The number of halogens is 3. The highest BCUT2D eigenvalue weighted by molar-refractivity contribution is 7.26. The Labute approximate surface area is 211 Å². The predicted octanol–water partition coefficient (Wildman–Crippen LogP) is 6.54. The summed E-state index contributed by atoms with van der Waals surface area (Å²) in [5, 5.41) is 5.06. The maximum atomic E-state index is 13.3. The van der Waals surface area contributed by atoms with Crippen molar-refractivity contribution in [1.29, 1.82) is 0 Å². The number of thiophene rings is 1. The van der Waals surface area contributed by atoms with Crippen LogP contribution in [-0.4, -0.2) is 24.6 Å². The van der Waals surface area contributed by atoms with E-state index in [1.54, 1.807) is 13.0 Å². The van der Waals surface area contributed by atoms with Crippen LogP contribution in [0.1, 0.15) is 34.6 Å². The molecule has 37 heavy (non-hydrogen) atoms. The molecule has 0 unspecified atom stereocenters. The molecule has 0 fully saturated rings. The standard InChI is InChI=1S/C26H18F3N5O2S/c1-13-9-19(26(27,28)29)31-25-20(13)21-22(37-25)24-32-23(33-34(24)12-30-21)18-8-7-17(36-18)11-35-16-6-5-14-3-2-4-15(14)10-16/h5-10,12H,2-4,11H2,1H3. The van der Waals surface area contributed by atoms with Crippen molar-refractivity contribution in [1.82, 2.24) is 24.6 Å². The third kappa shape index (κ3) is 3.72. The monoisotopic (exact) mass is 521 g/mol. The Balaban J connectivity index is 1.21. The SMILES string of the molecule is Cc1cc(C(F)(F)F)nc2sc3c(ncn4nc(-c5ccc(COc6ccc7c(c6)CCC7)o5)nc34)c12. The molecule has 0 saturated heterocycles. The lowest BCUT2D eigenvalue weighted by Gasteiger charge is -2.06. The van der Waals surface area contributed by atoms with Gasteiger partial charge in [0.25, 0.3) is 0 Å². The quantitative estimate of drug-likeness (QED) is 0.262. The van der Waals surface area contributed by atoms with Crippen molar-refractivity contribution in [3.8, 4) is 17.3 Å². The van der Waals surface area contributed by atoms with Crippen LogP contribution in [-0.2, 0) is 25.6 Å². The van der Waals surface area contributed by atoms with E-state index >= 15 is 0 Å². The number of aromatic nitrogens is 5. The molecule has 0 N–H and O–H groups in total. The van der Waals surface area contributed by atoms with E-state index in [1.165, 1.54) is 28.4 Å². The van der Waals surface area contributed by atoms with Crippen molar-refractivity contribution in [2.75, 3.05) is 0 Å². The molecule has 11 heteroatoms. The number of alkyl halides is 3. The van der Waals surface area contributed by atoms with Gasteiger partial charge in [0.05, 0.1) is 5.52 Å². The number of nitrogens with zero attached hydrogens (tertiary/aromatic N) is 5. The van der Waals surface area contributed by atoms with E-state index in [9.17, 15) is 13.2 Å². The normalized spacial score (nSPS) is 13.7. The zero-order chi connectivity index (χ0) is 25.3. The number of aryl methyl sites for hydroxylation is 3. The van der Waals surface area contributed by atoms with Gasteiger partial charge in [-0.1, -0.05) is 6.07 Å². The van der Waals surface area contributed by atoms with Crippen LogP contribution in [0, 0.1) is 6.92 Å². The topological polar surface area (TPSA) is 78.3 Å². The zero-order valence-electron chi connectivity index (χ0n) is 19.5. The maximum Gasteiger partial charge on any atom is 0.433 e. The van der Waals surface area contributed by atoms with Crippen molar-refractivity contribution in [3.05, 3.63) is 70.9 Å². The smallest absolute Gasteiger partial charge is 0.433 e. The molecular formula is C26H18F3N5O2S. The highest BCUT2D eigenvalue weighted by Crippen LogP contribution is 2.39. The van der Waals surface area contributed by atoms with Gasteiger partial charge >= 0.3 is 6.18 Å². The average molecular weight is 522 g/mol. The number of rotatable bonds is 4. The van der Waals surface area contributed by atoms with Crippen LogP contribution in [0.3, 0.4) is 0 Å². The molecule has 0 saturated carbocycles. The third-order valence-corrected chi connectivity index (χ3v) is 7.66. The first-order valence-corrected chi connectivity index (χ1v) is 12.5. The first-order chi connectivity index (χ1) is 17.8. The minimum absolute atomic E-state index is 0.261. The number of furan rings is 1. The summed E-state index contributed by atoms with van der Waals surface area (Å²) in [4.78, 5) is 13.2. The fourth-order valence-electron chi connectivity index (χ4n) is 4.83. The lowest BCUT2D eigenvalue weighted by Crippen LogP contribution is -2.07. The molecule has 1 aromatic carbocycles. The molecule has 1 aliphatic carbocycles. The van der Waals surface area contributed by atoms with E-state index in [1.807, 2.05) is 12.1 Å². The van der Waals surface area contributed by atoms with Gasteiger partial charge in [0, 0.05) is 5.39 Å². The molecule has 5 heterocycles. The second-order valence-electron chi connectivity index (χ2n) is 9.07. The predicted molar refractivity (Wildman–Crippen MR) is 132 cm³/mol. The van der Waals surface area contributed by atoms with Gasteiger partial charge in [-0.15, -0.1) is 16.4 Å². The van der Waals surface area contributed by atoms with Crippen LogP contribution in [0.5, 0.6) is 5.75 Å². The second-order valence-corrected chi connectivity index (χ2v) is 10.1. The Bertz CT molecular complexity index is 1840.